The van der Waals surface area contributed by atoms with Crippen molar-refractivity contribution in [3.63, 3.8) is 0 Å². The lowest BCUT2D eigenvalue weighted by Gasteiger charge is -2.24. The molecule has 0 radical (unpaired) electrons. The third-order valence-electron chi connectivity index (χ3n) is 4.63. The van der Waals surface area contributed by atoms with Gasteiger partial charge in [0.1, 0.15) is 0 Å². The average Bonchev–Trinajstić information content (AvgIpc) is 2.92. The Labute approximate surface area is 135 Å². The second kappa shape index (κ2) is 7.38. The third kappa shape index (κ3) is 3.76. The SMILES string of the molecule is Cl.O=C(NCc1ccc(F)c(F)c1)C1CC2CCCCC2N1. The van der Waals surface area contributed by atoms with E-state index >= 15 is 0 Å². The molecule has 2 N–H and O–H groups in total. The fourth-order valence-corrected chi connectivity index (χ4v) is 3.48. The minimum absolute atomic E-state index is 0. The number of halogens is 3. The Morgan fingerprint density at radius 1 is 1.23 bits per heavy atom. The van der Waals surface area contributed by atoms with Crippen LogP contribution in [0.25, 0.3) is 0 Å². The van der Waals surface area contributed by atoms with Gasteiger partial charge in [0, 0.05) is 12.6 Å². The monoisotopic (exact) mass is 330 g/mol. The summed E-state index contributed by atoms with van der Waals surface area (Å²) >= 11 is 0. The molecule has 3 rings (SSSR count). The number of nitrogens with one attached hydrogen (secondary N) is 2. The van der Waals surface area contributed by atoms with Crippen LogP contribution in [0.4, 0.5) is 8.78 Å². The van der Waals surface area contributed by atoms with Crippen molar-refractivity contribution in [3.8, 4) is 0 Å². The molecule has 1 heterocycles. The first-order valence-corrected chi connectivity index (χ1v) is 7.61. The summed E-state index contributed by atoms with van der Waals surface area (Å²) < 4.78 is 25.9. The topological polar surface area (TPSA) is 41.1 Å². The first-order chi connectivity index (χ1) is 10.1. The molecule has 3 nitrogen and oxygen atoms in total. The number of carbonyl (C=O) groups excluding carboxylic acids is 1. The number of benzene rings is 1. The van der Waals surface area contributed by atoms with Crippen LogP contribution in [-0.2, 0) is 11.3 Å². The Balaban J connectivity index is 0.00000176. The van der Waals surface area contributed by atoms with Crippen LogP contribution in [-0.4, -0.2) is 18.0 Å². The first-order valence-electron chi connectivity index (χ1n) is 7.61. The minimum Gasteiger partial charge on any atom is -0.351 e. The van der Waals surface area contributed by atoms with E-state index in [2.05, 4.69) is 10.6 Å². The Hall–Kier alpha value is -1.20. The molecule has 1 saturated heterocycles. The van der Waals surface area contributed by atoms with Crippen molar-refractivity contribution in [1.82, 2.24) is 10.6 Å². The van der Waals surface area contributed by atoms with Gasteiger partial charge in [0.25, 0.3) is 0 Å². The molecule has 0 spiro atoms. The fraction of sp³-hybridized carbons (Fsp3) is 0.562. The summed E-state index contributed by atoms with van der Waals surface area (Å²) in [5.74, 6) is -1.19. The molecule has 22 heavy (non-hydrogen) atoms. The highest BCUT2D eigenvalue weighted by Gasteiger charge is 2.37. The molecule has 1 amide bonds. The van der Waals surface area contributed by atoms with E-state index in [1.807, 2.05) is 0 Å². The second-order valence-electron chi connectivity index (χ2n) is 6.07. The Kier molecular flexibility index (Phi) is 5.75. The van der Waals surface area contributed by atoms with E-state index in [0.717, 1.165) is 25.0 Å². The maximum atomic E-state index is 13.1. The number of rotatable bonds is 3. The molecule has 1 aliphatic heterocycles. The van der Waals surface area contributed by atoms with E-state index in [-0.39, 0.29) is 30.9 Å². The largest absolute Gasteiger partial charge is 0.351 e. The van der Waals surface area contributed by atoms with Gasteiger partial charge in [-0.25, -0.2) is 8.78 Å². The van der Waals surface area contributed by atoms with E-state index in [1.165, 1.54) is 25.3 Å². The van der Waals surface area contributed by atoms with Crippen molar-refractivity contribution in [3.05, 3.63) is 35.4 Å². The number of hydrogen-bond acceptors (Lipinski definition) is 2. The zero-order chi connectivity index (χ0) is 14.8. The molecule has 1 aromatic rings. The van der Waals surface area contributed by atoms with Crippen LogP contribution in [0.5, 0.6) is 0 Å². The second-order valence-corrected chi connectivity index (χ2v) is 6.07. The van der Waals surface area contributed by atoms with E-state index < -0.39 is 11.6 Å². The predicted molar refractivity (Wildman–Crippen MR) is 82.7 cm³/mol. The van der Waals surface area contributed by atoms with E-state index in [0.29, 0.717) is 17.5 Å². The average molecular weight is 331 g/mol. The zero-order valence-electron chi connectivity index (χ0n) is 12.3. The van der Waals surface area contributed by atoms with Gasteiger partial charge in [-0.05, 0) is 42.9 Å². The molecule has 0 aromatic heterocycles. The number of hydrogen-bond donors (Lipinski definition) is 2. The summed E-state index contributed by atoms with van der Waals surface area (Å²) in [6, 6.07) is 4.01. The van der Waals surface area contributed by atoms with Gasteiger partial charge in [-0.15, -0.1) is 12.4 Å². The molecule has 2 aliphatic rings. The molecule has 3 unspecified atom stereocenters. The summed E-state index contributed by atoms with van der Waals surface area (Å²) in [5.41, 5.74) is 0.567. The molecule has 1 aliphatic carbocycles. The summed E-state index contributed by atoms with van der Waals surface area (Å²) in [7, 11) is 0. The summed E-state index contributed by atoms with van der Waals surface area (Å²) in [6.45, 7) is 0.226. The van der Waals surface area contributed by atoms with Crippen molar-refractivity contribution in [2.24, 2.45) is 5.92 Å². The van der Waals surface area contributed by atoms with Crippen LogP contribution < -0.4 is 10.6 Å². The van der Waals surface area contributed by atoms with Crippen LogP contribution in [0.3, 0.4) is 0 Å². The highest BCUT2D eigenvalue weighted by atomic mass is 35.5. The Morgan fingerprint density at radius 2 is 2.00 bits per heavy atom. The van der Waals surface area contributed by atoms with Gasteiger partial charge >= 0.3 is 0 Å². The Morgan fingerprint density at radius 3 is 2.73 bits per heavy atom. The summed E-state index contributed by atoms with van der Waals surface area (Å²) in [4.78, 5) is 12.2. The van der Waals surface area contributed by atoms with E-state index in [1.54, 1.807) is 0 Å². The van der Waals surface area contributed by atoms with Crippen molar-refractivity contribution >= 4 is 18.3 Å². The van der Waals surface area contributed by atoms with Crippen LogP contribution in [0, 0.1) is 17.6 Å². The molecule has 2 fully saturated rings. The molecular weight excluding hydrogens is 310 g/mol. The van der Waals surface area contributed by atoms with Crippen LogP contribution in [0.1, 0.15) is 37.7 Å². The third-order valence-corrected chi connectivity index (χ3v) is 4.63. The molecule has 122 valence electrons. The van der Waals surface area contributed by atoms with Gasteiger partial charge in [-0.3, -0.25) is 4.79 Å². The molecule has 1 aromatic carbocycles. The highest BCUT2D eigenvalue weighted by Crippen LogP contribution is 2.33. The van der Waals surface area contributed by atoms with Crippen molar-refractivity contribution in [2.75, 3.05) is 0 Å². The van der Waals surface area contributed by atoms with Crippen LogP contribution in [0.15, 0.2) is 18.2 Å². The van der Waals surface area contributed by atoms with Gasteiger partial charge in [0.15, 0.2) is 11.6 Å². The summed E-state index contributed by atoms with van der Waals surface area (Å²) in [5, 5.41) is 6.21. The zero-order valence-corrected chi connectivity index (χ0v) is 13.1. The first kappa shape index (κ1) is 17.2. The standard InChI is InChI=1S/C16H20F2N2O.ClH/c17-12-6-5-10(7-13(12)18)9-19-16(21)15-8-11-3-1-2-4-14(11)20-15;/h5-7,11,14-15,20H,1-4,8-9H2,(H,19,21);1H. The molecule has 3 atom stereocenters. The smallest absolute Gasteiger partial charge is 0.237 e. The van der Waals surface area contributed by atoms with Crippen molar-refractivity contribution in [1.29, 1.82) is 0 Å². The highest BCUT2D eigenvalue weighted by molar-refractivity contribution is 5.85. The minimum atomic E-state index is -0.883. The normalized spacial score (nSPS) is 26.9. The van der Waals surface area contributed by atoms with Gasteiger partial charge in [-0.1, -0.05) is 18.9 Å². The quantitative estimate of drug-likeness (QED) is 0.894. The molecule has 0 bridgehead atoms. The van der Waals surface area contributed by atoms with Gasteiger partial charge < -0.3 is 10.6 Å². The van der Waals surface area contributed by atoms with Crippen LogP contribution >= 0.6 is 12.4 Å². The molecular formula is C16H21ClF2N2O. The maximum absolute atomic E-state index is 13.1. The van der Waals surface area contributed by atoms with Crippen molar-refractivity contribution < 1.29 is 13.6 Å². The van der Waals surface area contributed by atoms with Gasteiger partial charge in [0.05, 0.1) is 6.04 Å². The molecule has 6 heteroatoms. The maximum Gasteiger partial charge on any atom is 0.237 e. The number of carbonyl (C=O) groups is 1. The lowest BCUT2D eigenvalue weighted by molar-refractivity contribution is -0.123. The van der Waals surface area contributed by atoms with E-state index in [4.69, 9.17) is 0 Å². The van der Waals surface area contributed by atoms with Gasteiger partial charge in [0.2, 0.25) is 5.91 Å². The summed E-state index contributed by atoms with van der Waals surface area (Å²) in [6.07, 6.45) is 5.72. The molecule has 1 saturated carbocycles. The van der Waals surface area contributed by atoms with Crippen molar-refractivity contribution in [2.45, 2.75) is 50.7 Å². The number of fused-ring (bicyclic) bond motifs is 1. The number of amides is 1. The Bertz CT molecular complexity index is 527. The lowest BCUT2D eigenvalue weighted by atomic mass is 9.85. The van der Waals surface area contributed by atoms with Crippen LogP contribution in [0.2, 0.25) is 0 Å². The lowest BCUT2D eigenvalue weighted by Crippen LogP contribution is -2.42. The predicted octanol–water partition coefficient (Wildman–Crippen LogP) is 2.92. The van der Waals surface area contributed by atoms with E-state index in [9.17, 15) is 13.6 Å². The van der Waals surface area contributed by atoms with Gasteiger partial charge in [-0.2, -0.15) is 0 Å². The fourth-order valence-electron chi connectivity index (χ4n) is 3.48.